The number of hydrogen-bond donors (Lipinski definition) is 1. The number of fused-ring (bicyclic) bond motifs is 2. The third-order valence-corrected chi connectivity index (χ3v) is 9.49. The smallest absolute Gasteiger partial charge is 0.390 e. The second-order valence-corrected chi connectivity index (χ2v) is 12.6. The normalized spacial score (nSPS) is 21.5. The average molecular weight is 616 g/mol. The van der Waals surface area contributed by atoms with Crippen molar-refractivity contribution in [3.8, 4) is 21.6 Å². The molecule has 1 aliphatic heterocycles. The van der Waals surface area contributed by atoms with Gasteiger partial charge in [-0.1, -0.05) is 66.7 Å². The van der Waals surface area contributed by atoms with Crippen LogP contribution >= 0.6 is 11.3 Å². The Bertz CT molecular complexity index is 1990. The number of hydrogen-bond acceptors (Lipinski definition) is 6. The summed E-state index contributed by atoms with van der Waals surface area (Å²) < 4.78 is 40.2. The summed E-state index contributed by atoms with van der Waals surface area (Å²) in [6.45, 7) is 0.215. The molecule has 1 fully saturated rings. The standard InChI is InChI=1S/C33H24F3N3O4S/c1-31(43)15-32(16-31,39-28(40)22-9-5-6-10-23(22)29(39)41)21-13-11-20(12-14-21)26-24(19-7-3-2-4-8-19)25-27(44-26)37-18-38(30(25)42)17-33(34,35)36/h2-14,18,43H,15-17H2,1H3. The van der Waals surface area contributed by atoms with Crippen LogP contribution in [0.2, 0.25) is 0 Å². The second-order valence-electron chi connectivity index (χ2n) is 11.6. The summed E-state index contributed by atoms with van der Waals surface area (Å²) in [5.74, 6) is -0.829. The first-order valence-electron chi connectivity index (χ1n) is 13.8. The minimum atomic E-state index is -4.59. The van der Waals surface area contributed by atoms with Crippen LogP contribution in [0.3, 0.4) is 0 Å². The second kappa shape index (κ2) is 9.70. The number of carbonyl (C=O) groups excluding carboxylic acids is 2. The highest BCUT2D eigenvalue weighted by Gasteiger charge is 2.60. The SMILES string of the molecule is CC1(O)CC(c2ccc(-c3sc4ncn(CC(F)(F)F)c(=O)c4c3-c3ccccc3)cc2)(N2C(=O)c3ccccc3C2=O)C1. The summed E-state index contributed by atoms with van der Waals surface area (Å²) in [6, 6.07) is 22.8. The molecule has 3 heterocycles. The highest BCUT2D eigenvalue weighted by Crippen LogP contribution is 2.55. The quantitative estimate of drug-likeness (QED) is 0.232. The molecule has 0 radical (unpaired) electrons. The van der Waals surface area contributed by atoms with Crippen LogP contribution in [0.5, 0.6) is 0 Å². The molecule has 3 aromatic carbocycles. The van der Waals surface area contributed by atoms with E-state index in [-0.39, 0.29) is 18.2 Å². The molecule has 2 aromatic heterocycles. The number of carbonyl (C=O) groups is 2. The molecule has 44 heavy (non-hydrogen) atoms. The van der Waals surface area contributed by atoms with Crippen LogP contribution in [0.1, 0.15) is 46.0 Å². The molecule has 0 saturated heterocycles. The van der Waals surface area contributed by atoms with Crippen LogP contribution in [0, 0.1) is 0 Å². The molecule has 0 atom stereocenters. The number of rotatable bonds is 5. The Kier molecular flexibility index (Phi) is 6.21. The number of nitrogens with zero attached hydrogens (tertiary/aromatic N) is 3. The third kappa shape index (κ3) is 4.37. The van der Waals surface area contributed by atoms with Gasteiger partial charge in [0.25, 0.3) is 17.4 Å². The van der Waals surface area contributed by atoms with Crippen LogP contribution in [-0.2, 0) is 12.1 Å². The first-order valence-corrected chi connectivity index (χ1v) is 14.7. The minimum absolute atomic E-state index is 0.101. The van der Waals surface area contributed by atoms with Crippen LogP contribution < -0.4 is 5.56 Å². The van der Waals surface area contributed by atoms with E-state index in [0.717, 1.165) is 6.33 Å². The monoisotopic (exact) mass is 615 g/mol. The molecule has 1 aliphatic carbocycles. The number of benzene rings is 3. The van der Waals surface area contributed by atoms with Crippen molar-refractivity contribution in [2.24, 2.45) is 0 Å². The molecule has 1 saturated carbocycles. The maximum atomic E-state index is 13.5. The van der Waals surface area contributed by atoms with Gasteiger partial charge in [0.1, 0.15) is 11.4 Å². The Labute approximate surface area is 252 Å². The summed E-state index contributed by atoms with van der Waals surface area (Å²) >= 11 is 1.20. The van der Waals surface area contributed by atoms with Crippen LogP contribution in [0.15, 0.2) is 90.0 Å². The van der Waals surface area contributed by atoms with Crippen molar-refractivity contribution in [1.82, 2.24) is 14.5 Å². The van der Waals surface area contributed by atoms with Crippen molar-refractivity contribution in [2.75, 3.05) is 0 Å². The van der Waals surface area contributed by atoms with Gasteiger partial charge < -0.3 is 5.11 Å². The van der Waals surface area contributed by atoms with Gasteiger partial charge in [-0.25, -0.2) is 4.98 Å². The topological polar surface area (TPSA) is 92.5 Å². The first kappa shape index (κ1) is 28.2. The molecular formula is C33H24F3N3O4S. The highest BCUT2D eigenvalue weighted by molar-refractivity contribution is 7.22. The van der Waals surface area contributed by atoms with Gasteiger partial charge in [-0.05, 0) is 35.7 Å². The molecule has 7 rings (SSSR count). The fourth-order valence-electron chi connectivity index (χ4n) is 6.63. The lowest BCUT2D eigenvalue weighted by Gasteiger charge is -2.55. The summed E-state index contributed by atoms with van der Waals surface area (Å²) in [5.41, 5.74) is 0.186. The zero-order chi connectivity index (χ0) is 31.0. The minimum Gasteiger partial charge on any atom is -0.390 e. The number of halogens is 3. The van der Waals surface area contributed by atoms with E-state index in [0.29, 0.717) is 47.7 Å². The Morgan fingerprint density at radius 3 is 2.02 bits per heavy atom. The summed E-state index contributed by atoms with van der Waals surface area (Å²) in [7, 11) is 0. The summed E-state index contributed by atoms with van der Waals surface area (Å²) in [6.07, 6.45) is -3.36. The largest absolute Gasteiger partial charge is 0.406 e. The van der Waals surface area contributed by atoms with Crippen LogP contribution in [0.25, 0.3) is 31.8 Å². The van der Waals surface area contributed by atoms with Gasteiger partial charge in [0.2, 0.25) is 0 Å². The van der Waals surface area contributed by atoms with E-state index in [4.69, 9.17) is 0 Å². The van der Waals surface area contributed by atoms with Gasteiger partial charge in [0.05, 0.1) is 34.0 Å². The Morgan fingerprint density at radius 1 is 0.864 bits per heavy atom. The number of thiophene rings is 1. The predicted octanol–water partition coefficient (Wildman–Crippen LogP) is 6.39. The Hall–Kier alpha value is -4.61. The van der Waals surface area contributed by atoms with Crippen molar-refractivity contribution in [3.05, 3.63) is 112 Å². The number of alkyl halides is 3. The van der Waals surface area contributed by atoms with Gasteiger partial charge in [-0.3, -0.25) is 23.9 Å². The summed E-state index contributed by atoms with van der Waals surface area (Å²) in [4.78, 5) is 46.8. The lowest BCUT2D eigenvalue weighted by molar-refractivity contribution is -0.141. The molecule has 0 bridgehead atoms. The van der Waals surface area contributed by atoms with Crippen LogP contribution in [-0.4, -0.2) is 43.1 Å². The lowest BCUT2D eigenvalue weighted by atomic mass is 9.61. The van der Waals surface area contributed by atoms with Crippen LogP contribution in [0.4, 0.5) is 13.2 Å². The van der Waals surface area contributed by atoms with Crippen molar-refractivity contribution < 1.29 is 27.9 Å². The molecule has 5 aromatic rings. The molecular weight excluding hydrogens is 591 g/mol. The van der Waals surface area contributed by atoms with Crippen molar-refractivity contribution >= 4 is 33.4 Å². The number of amides is 2. The van der Waals surface area contributed by atoms with Crippen molar-refractivity contribution in [2.45, 2.75) is 43.6 Å². The number of imide groups is 1. The fraction of sp³-hybridized carbons (Fsp3) is 0.212. The van der Waals surface area contributed by atoms with E-state index in [2.05, 4.69) is 4.98 Å². The number of aliphatic hydroxyl groups is 1. The van der Waals surface area contributed by atoms with Gasteiger partial charge in [-0.15, -0.1) is 11.3 Å². The van der Waals surface area contributed by atoms with Crippen molar-refractivity contribution in [3.63, 3.8) is 0 Å². The molecule has 0 spiro atoms. The lowest BCUT2D eigenvalue weighted by Crippen LogP contribution is -2.63. The molecule has 0 unspecified atom stereocenters. The van der Waals surface area contributed by atoms with Gasteiger partial charge >= 0.3 is 6.18 Å². The molecule has 11 heteroatoms. The molecule has 2 aliphatic rings. The zero-order valence-corrected chi connectivity index (χ0v) is 24.1. The molecule has 2 amide bonds. The van der Waals surface area contributed by atoms with E-state index in [1.807, 2.05) is 0 Å². The van der Waals surface area contributed by atoms with Crippen molar-refractivity contribution in [1.29, 1.82) is 0 Å². The van der Waals surface area contributed by atoms with E-state index >= 15 is 0 Å². The molecule has 222 valence electrons. The van der Waals surface area contributed by atoms with E-state index < -0.39 is 41.2 Å². The molecule has 7 nitrogen and oxygen atoms in total. The number of aromatic nitrogens is 2. The van der Waals surface area contributed by atoms with Gasteiger partial charge in [0, 0.05) is 23.3 Å². The van der Waals surface area contributed by atoms with E-state index in [1.54, 1.807) is 85.8 Å². The fourth-order valence-corrected chi connectivity index (χ4v) is 7.79. The maximum Gasteiger partial charge on any atom is 0.406 e. The molecule has 1 N–H and O–H groups in total. The third-order valence-electron chi connectivity index (χ3n) is 8.34. The predicted molar refractivity (Wildman–Crippen MR) is 159 cm³/mol. The average Bonchev–Trinajstić information content (AvgIpc) is 3.49. The first-order chi connectivity index (χ1) is 20.9. The Morgan fingerprint density at radius 2 is 1.45 bits per heavy atom. The van der Waals surface area contributed by atoms with Gasteiger partial charge in [-0.2, -0.15) is 13.2 Å². The highest BCUT2D eigenvalue weighted by atomic mass is 32.1. The van der Waals surface area contributed by atoms with Gasteiger partial charge in [0.15, 0.2) is 0 Å². The van der Waals surface area contributed by atoms with E-state index in [1.165, 1.54) is 16.2 Å². The Balaban J connectivity index is 1.35. The summed E-state index contributed by atoms with van der Waals surface area (Å²) in [5, 5.41) is 10.9. The van der Waals surface area contributed by atoms with E-state index in [9.17, 15) is 32.7 Å². The zero-order valence-electron chi connectivity index (χ0n) is 23.3. The maximum absolute atomic E-state index is 13.5.